The van der Waals surface area contributed by atoms with E-state index in [1.54, 1.807) is 12.1 Å². The summed E-state index contributed by atoms with van der Waals surface area (Å²) in [5, 5.41) is 12.7. The lowest BCUT2D eigenvalue weighted by atomic mass is 10.2. The highest BCUT2D eigenvalue weighted by Gasteiger charge is 2.07. The van der Waals surface area contributed by atoms with E-state index in [9.17, 15) is 9.50 Å². The van der Waals surface area contributed by atoms with Crippen LogP contribution in [-0.2, 0) is 4.74 Å². The molecule has 0 saturated heterocycles. The van der Waals surface area contributed by atoms with Crippen LogP contribution >= 0.6 is 0 Å². The molecule has 0 spiro atoms. The minimum absolute atomic E-state index is 0.176. The van der Waals surface area contributed by atoms with Crippen molar-refractivity contribution in [2.45, 2.75) is 20.0 Å². The molecule has 0 aliphatic rings. The van der Waals surface area contributed by atoms with E-state index in [4.69, 9.17) is 9.47 Å². The monoisotopic (exact) mass is 271 g/mol. The number of anilines is 1. The van der Waals surface area contributed by atoms with Crippen molar-refractivity contribution in [2.24, 2.45) is 5.92 Å². The highest BCUT2D eigenvalue weighted by atomic mass is 19.1. The smallest absolute Gasteiger partial charge is 0.165 e. The topological polar surface area (TPSA) is 50.7 Å². The number of hydrogen-bond donors (Lipinski definition) is 2. The van der Waals surface area contributed by atoms with Gasteiger partial charge in [0.2, 0.25) is 0 Å². The zero-order valence-electron chi connectivity index (χ0n) is 11.6. The van der Waals surface area contributed by atoms with E-state index in [1.165, 1.54) is 13.2 Å². The minimum Gasteiger partial charge on any atom is -0.494 e. The highest BCUT2D eigenvalue weighted by Crippen LogP contribution is 2.21. The van der Waals surface area contributed by atoms with Crippen molar-refractivity contribution in [2.75, 3.05) is 32.2 Å². The molecule has 1 aromatic carbocycles. The van der Waals surface area contributed by atoms with Crippen molar-refractivity contribution in [3.05, 3.63) is 24.0 Å². The Balaban J connectivity index is 2.35. The summed E-state index contributed by atoms with van der Waals surface area (Å²) in [5.41, 5.74) is 0.696. The Labute approximate surface area is 113 Å². The fourth-order valence-electron chi connectivity index (χ4n) is 1.50. The third-order valence-electron chi connectivity index (χ3n) is 2.45. The van der Waals surface area contributed by atoms with E-state index in [-0.39, 0.29) is 12.4 Å². The van der Waals surface area contributed by atoms with Crippen molar-refractivity contribution in [3.63, 3.8) is 0 Å². The van der Waals surface area contributed by atoms with Gasteiger partial charge < -0.3 is 19.9 Å². The number of methoxy groups -OCH3 is 1. The van der Waals surface area contributed by atoms with Gasteiger partial charge in [-0.1, -0.05) is 13.8 Å². The second kappa shape index (κ2) is 7.96. The first-order chi connectivity index (χ1) is 9.02. The van der Waals surface area contributed by atoms with E-state index in [1.807, 2.05) is 0 Å². The lowest BCUT2D eigenvalue weighted by molar-refractivity contribution is 0.0318. The van der Waals surface area contributed by atoms with Gasteiger partial charge in [0.15, 0.2) is 11.6 Å². The fraction of sp³-hybridized carbons (Fsp3) is 0.571. The summed E-state index contributed by atoms with van der Waals surface area (Å²) >= 11 is 0. The van der Waals surface area contributed by atoms with Gasteiger partial charge in [-0.15, -0.1) is 0 Å². The Morgan fingerprint density at radius 3 is 2.68 bits per heavy atom. The van der Waals surface area contributed by atoms with Crippen LogP contribution in [0.3, 0.4) is 0 Å². The van der Waals surface area contributed by atoms with Crippen molar-refractivity contribution < 1.29 is 19.0 Å². The number of rotatable bonds is 8. The van der Waals surface area contributed by atoms with Crippen LogP contribution in [0, 0.1) is 11.7 Å². The van der Waals surface area contributed by atoms with E-state index in [2.05, 4.69) is 19.2 Å². The lowest BCUT2D eigenvalue weighted by Crippen LogP contribution is -2.25. The first-order valence-electron chi connectivity index (χ1n) is 6.36. The molecule has 108 valence electrons. The van der Waals surface area contributed by atoms with Gasteiger partial charge in [-0.3, -0.25) is 0 Å². The molecule has 0 bridgehead atoms. The van der Waals surface area contributed by atoms with Crippen LogP contribution in [0.25, 0.3) is 0 Å². The van der Waals surface area contributed by atoms with E-state index in [0.717, 1.165) is 0 Å². The third kappa shape index (κ3) is 5.89. The number of nitrogens with one attached hydrogen (secondary N) is 1. The number of ether oxygens (including phenoxy) is 2. The first kappa shape index (κ1) is 15.7. The average molecular weight is 271 g/mol. The molecule has 0 amide bonds. The van der Waals surface area contributed by atoms with Gasteiger partial charge in [-0.25, -0.2) is 4.39 Å². The normalized spacial score (nSPS) is 12.5. The molecular weight excluding hydrogens is 249 g/mol. The van der Waals surface area contributed by atoms with Crippen molar-refractivity contribution in [1.29, 1.82) is 0 Å². The third-order valence-corrected chi connectivity index (χ3v) is 2.45. The van der Waals surface area contributed by atoms with E-state index >= 15 is 0 Å². The summed E-state index contributed by atoms with van der Waals surface area (Å²) < 4.78 is 23.4. The minimum atomic E-state index is -0.602. The molecule has 0 heterocycles. The van der Waals surface area contributed by atoms with Crippen LogP contribution in [0.15, 0.2) is 18.2 Å². The van der Waals surface area contributed by atoms with Gasteiger partial charge in [-0.05, 0) is 18.1 Å². The number of halogens is 1. The molecule has 0 aromatic heterocycles. The molecule has 5 heteroatoms. The Kier molecular flexibility index (Phi) is 6.59. The molecule has 1 atom stereocenters. The zero-order chi connectivity index (χ0) is 14.3. The van der Waals surface area contributed by atoms with E-state index in [0.29, 0.717) is 24.8 Å². The van der Waals surface area contributed by atoms with Gasteiger partial charge in [0.1, 0.15) is 0 Å². The van der Waals surface area contributed by atoms with Crippen molar-refractivity contribution >= 4 is 5.69 Å². The van der Waals surface area contributed by atoms with Gasteiger partial charge in [-0.2, -0.15) is 0 Å². The Morgan fingerprint density at radius 2 is 2.05 bits per heavy atom. The maximum absolute atomic E-state index is 13.2. The maximum Gasteiger partial charge on any atom is 0.165 e. The van der Waals surface area contributed by atoms with Crippen LogP contribution in [0.4, 0.5) is 10.1 Å². The molecule has 0 aliphatic carbocycles. The SMILES string of the molecule is COc1cc(NCC(O)COCC(C)C)ccc1F. The van der Waals surface area contributed by atoms with E-state index < -0.39 is 11.9 Å². The molecule has 1 aromatic rings. The molecule has 1 unspecified atom stereocenters. The molecule has 4 nitrogen and oxygen atoms in total. The zero-order valence-corrected chi connectivity index (χ0v) is 11.6. The van der Waals surface area contributed by atoms with Crippen LogP contribution < -0.4 is 10.1 Å². The second-order valence-electron chi connectivity index (χ2n) is 4.82. The summed E-state index contributed by atoms with van der Waals surface area (Å²) in [6.45, 7) is 5.35. The highest BCUT2D eigenvalue weighted by molar-refractivity contribution is 5.48. The number of benzene rings is 1. The number of aliphatic hydroxyl groups is 1. The van der Waals surface area contributed by atoms with Gasteiger partial charge in [0.05, 0.1) is 19.8 Å². The molecular formula is C14H22FNO3. The van der Waals surface area contributed by atoms with Crippen LogP contribution in [-0.4, -0.2) is 38.1 Å². The number of aliphatic hydroxyl groups excluding tert-OH is 1. The molecule has 0 saturated carbocycles. The summed E-state index contributed by atoms with van der Waals surface area (Å²) in [5.74, 6) is 0.214. The standard InChI is InChI=1S/C14H22FNO3/c1-10(2)8-19-9-12(17)7-16-11-4-5-13(15)14(6-11)18-3/h4-6,10,12,16-17H,7-9H2,1-3H3. The molecule has 0 radical (unpaired) electrons. The van der Waals surface area contributed by atoms with Gasteiger partial charge in [0, 0.05) is 24.9 Å². The molecule has 0 fully saturated rings. The van der Waals surface area contributed by atoms with Crippen molar-refractivity contribution in [3.8, 4) is 5.75 Å². The summed E-state index contributed by atoms with van der Waals surface area (Å²) in [6.07, 6.45) is -0.602. The molecule has 0 aliphatic heterocycles. The van der Waals surface area contributed by atoms with Crippen molar-refractivity contribution in [1.82, 2.24) is 0 Å². The average Bonchev–Trinajstić information content (AvgIpc) is 2.37. The Morgan fingerprint density at radius 1 is 1.32 bits per heavy atom. The van der Waals surface area contributed by atoms with Crippen LogP contribution in [0.2, 0.25) is 0 Å². The predicted octanol–water partition coefficient (Wildman–Crippen LogP) is 2.28. The largest absolute Gasteiger partial charge is 0.494 e. The lowest BCUT2D eigenvalue weighted by Gasteiger charge is -2.14. The summed E-state index contributed by atoms with van der Waals surface area (Å²) in [7, 11) is 1.41. The molecule has 1 rings (SSSR count). The number of hydrogen-bond acceptors (Lipinski definition) is 4. The summed E-state index contributed by atoms with van der Waals surface area (Å²) in [4.78, 5) is 0. The quantitative estimate of drug-likeness (QED) is 0.761. The molecule has 2 N–H and O–H groups in total. The van der Waals surface area contributed by atoms with Crippen LogP contribution in [0.5, 0.6) is 5.75 Å². The maximum atomic E-state index is 13.2. The fourth-order valence-corrected chi connectivity index (χ4v) is 1.50. The molecule has 19 heavy (non-hydrogen) atoms. The summed E-state index contributed by atoms with van der Waals surface area (Å²) in [6, 6.07) is 4.47. The first-order valence-corrected chi connectivity index (χ1v) is 6.36. The Hall–Kier alpha value is -1.33. The van der Waals surface area contributed by atoms with Gasteiger partial charge >= 0.3 is 0 Å². The van der Waals surface area contributed by atoms with Crippen LogP contribution in [0.1, 0.15) is 13.8 Å². The predicted molar refractivity (Wildman–Crippen MR) is 73.1 cm³/mol. The second-order valence-corrected chi connectivity index (χ2v) is 4.82. The van der Waals surface area contributed by atoms with Gasteiger partial charge in [0.25, 0.3) is 0 Å². The Bertz CT molecular complexity index is 385.